The van der Waals surface area contributed by atoms with E-state index in [0.717, 1.165) is 16.8 Å². The van der Waals surface area contributed by atoms with Crippen molar-refractivity contribution in [3.8, 4) is 17.1 Å². The summed E-state index contributed by atoms with van der Waals surface area (Å²) >= 11 is 14.0. The van der Waals surface area contributed by atoms with E-state index in [4.69, 9.17) is 27.6 Å². The lowest BCUT2D eigenvalue weighted by molar-refractivity contribution is 0.474. The average Bonchev–Trinajstić information content (AvgIpc) is 3.46. The minimum atomic E-state index is 0.459. The van der Waals surface area contributed by atoms with Gasteiger partial charge in [0, 0.05) is 16.3 Å². The molecule has 5 rings (SSSR count). The van der Waals surface area contributed by atoms with E-state index in [1.165, 1.54) is 11.8 Å². The van der Waals surface area contributed by atoms with Crippen LogP contribution < -0.4 is 0 Å². The zero-order valence-electron chi connectivity index (χ0n) is 17.2. The van der Waals surface area contributed by atoms with Crippen LogP contribution in [0.3, 0.4) is 0 Å². The van der Waals surface area contributed by atoms with Gasteiger partial charge >= 0.3 is 0 Å². The molecule has 2 aromatic heterocycles. The molecule has 0 amide bonds. The zero-order chi connectivity index (χ0) is 22.6. The van der Waals surface area contributed by atoms with E-state index in [2.05, 4.69) is 20.4 Å². The molecule has 2 heterocycles. The summed E-state index contributed by atoms with van der Waals surface area (Å²) in [5.41, 5.74) is 2.78. The second-order valence-electron chi connectivity index (χ2n) is 7.14. The van der Waals surface area contributed by atoms with Gasteiger partial charge in [0.2, 0.25) is 11.8 Å². The fraction of sp³-hybridized carbons (Fsp3) is 0.0833. The molecule has 0 aliphatic heterocycles. The Morgan fingerprint density at radius 2 is 1.52 bits per heavy atom. The average molecular weight is 494 g/mol. The molecule has 0 spiro atoms. The molecule has 0 aliphatic carbocycles. The Bertz CT molecular complexity index is 1370. The van der Waals surface area contributed by atoms with Crippen LogP contribution >= 0.6 is 35.0 Å². The van der Waals surface area contributed by atoms with Crippen molar-refractivity contribution >= 4 is 35.0 Å². The predicted molar refractivity (Wildman–Crippen MR) is 130 cm³/mol. The fourth-order valence-electron chi connectivity index (χ4n) is 3.33. The third kappa shape index (κ3) is 4.95. The zero-order valence-corrected chi connectivity index (χ0v) is 19.6. The quantitative estimate of drug-likeness (QED) is 0.240. The number of benzene rings is 3. The van der Waals surface area contributed by atoms with Crippen molar-refractivity contribution in [2.45, 2.75) is 17.3 Å². The second-order valence-corrected chi connectivity index (χ2v) is 8.93. The van der Waals surface area contributed by atoms with Crippen LogP contribution in [-0.4, -0.2) is 25.0 Å². The van der Waals surface area contributed by atoms with E-state index in [9.17, 15) is 0 Å². The van der Waals surface area contributed by atoms with Crippen molar-refractivity contribution in [1.82, 2.24) is 25.0 Å². The molecule has 0 saturated carbocycles. The molecule has 9 heteroatoms. The van der Waals surface area contributed by atoms with Crippen LogP contribution in [-0.2, 0) is 12.2 Å². The van der Waals surface area contributed by atoms with Gasteiger partial charge in [-0.3, -0.25) is 4.57 Å². The first-order valence-corrected chi connectivity index (χ1v) is 11.9. The Balaban J connectivity index is 1.41. The first-order valence-electron chi connectivity index (χ1n) is 10.1. The molecule has 0 unspecified atom stereocenters. The van der Waals surface area contributed by atoms with Gasteiger partial charge in [-0.05, 0) is 35.9 Å². The molecule has 5 aromatic rings. The Kier molecular flexibility index (Phi) is 6.44. The van der Waals surface area contributed by atoms with Crippen molar-refractivity contribution in [2.75, 3.05) is 0 Å². The number of aromatic nitrogens is 5. The summed E-state index contributed by atoms with van der Waals surface area (Å²) in [5, 5.41) is 19.0. The van der Waals surface area contributed by atoms with E-state index >= 15 is 0 Å². The molecule has 6 nitrogen and oxygen atoms in total. The topological polar surface area (TPSA) is 69.6 Å². The van der Waals surface area contributed by atoms with Crippen LogP contribution in [0.1, 0.15) is 17.3 Å². The number of rotatable bonds is 7. The molecule has 164 valence electrons. The largest absolute Gasteiger partial charge is 0.424 e. The van der Waals surface area contributed by atoms with Crippen molar-refractivity contribution in [3.05, 3.63) is 106 Å². The van der Waals surface area contributed by atoms with Crippen LogP contribution in [0.2, 0.25) is 10.0 Å². The SMILES string of the molecule is Clc1ccc(-c2nnc(SCc3nnc(Cc4ccccc4)o3)n2-c2ccccc2)c(Cl)c1. The van der Waals surface area contributed by atoms with Crippen molar-refractivity contribution in [2.24, 2.45) is 0 Å². The van der Waals surface area contributed by atoms with Gasteiger partial charge in [0.1, 0.15) is 0 Å². The van der Waals surface area contributed by atoms with Gasteiger partial charge in [-0.15, -0.1) is 20.4 Å². The summed E-state index contributed by atoms with van der Waals surface area (Å²) in [6.45, 7) is 0. The summed E-state index contributed by atoms with van der Waals surface area (Å²) in [6, 6.07) is 25.2. The maximum Gasteiger partial charge on any atom is 0.226 e. The number of nitrogens with zero attached hydrogens (tertiary/aromatic N) is 5. The normalized spacial score (nSPS) is 11.1. The molecule has 0 aliphatic rings. The first kappa shape index (κ1) is 21.7. The molecule has 0 fully saturated rings. The number of para-hydroxylation sites is 1. The van der Waals surface area contributed by atoms with Crippen molar-refractivity contribution < 1.29 is 4.42 Å². The Morgan fingerprint density at radius 1 is 0.788 bits per heavy atom. The summed E-state index contributed by atoms with van der Waals surface area (Å²) in [5.74, 6) is 2.19. The van der Waals surface area contributed by atoms with Crippen molar-refractivity contribution in [1.29, 1.82) is 0 Å². The van der Waals surface area contributed by atoms with Gasteiger partial charge in [0.15, 0.2) is 11.0 Å². The third-order valence-corrected chi connectivity index (χ3v) is 6.31. The van der Waals surface area contributed by atoms with E-state index in [-0.39, 0.29) is 0 Å². The molecule has 0 N–H and O–H groups in total. The maximum absolute atomic E-state index is 6.47. The van der Waals surface area contributed by atoms with Gasteiger partial charge in [-0.2, -0.15) is 0 Å². The molecule has 0 radical (unpaired) electrons. The van der Waals surface area contributed by atoms with Gasteiger partial charge in [0.25, 0.3) is 0 Å². The van der Waals surface area contributed by atoms with E-state index in [1.54, 1.807) is 12.1 Å². The van der Waals surface area contributed by atoms with Crippen LogP contribution in [0, 0.1) is 0 Å². The lowest BCUT2D eigenvalue weighted by Crippen LogP contribution is -2.00. The van der Waals surface area contributed by atoms with Gasteiger partial charge in [0.05, 0.1) is 17.2 Å². The third-order valence-electron chi connectivity index (χ3n) is 4.85. The van der Waals surface area contributed by atoms with Crippen LogP contribution in [0.25, 0.3) is 17.1 Å². The molecule has 0 atom stereocenters. The van der Waals surface area contributed by atoms with Crippen molar-refractivity contribution in [3.63, 3.8) is 0 Å². The number of thioether (sulfide) groups is 1. The number of hydrogen-bond donors (Lipinski definition) is 0. The Labute approximate surface area is 204 Å². The summed E-state index contributed by atoms with van der Waals surface area (Å²) < 4.78 is 7.80. The fourth-order valence-corrected chi connectivity index (χ4v) is 4.62. The molecule has 33 heavy (non-hydrogen) atoms. The van der Waals surface area contributed by atoms with E-state index in [0.29, 0.717) is 45.0 Å². The lowest BCUT2D eigenvalue weighted by Gasteiger charge is -2.11. The smallest absolute Gasteiger partial charge is 0.226 e. The second kappa shape index (κ2) is 9.79. The highest BCUT2D eigenvalue weighted by Gasteiger charge is 2.19. The standard InChI is InChI=1S/C24H17Cl2N5OS/c25-17-11-12-19(20(26)14-17)23-29-30-24(31(23)18-9-5-2-6-10-18)33-15-22-28-27-21(32-22)13-16-7-3-1-4-8-16/h1-12,14H,13,15H2. The Morgan fingerprint density at radius 3 is 2.27 bits per heavy atom. The Hall–Kier alpha value is -3.13. The minimum absolute atomic E-state index is 0.459. The summed E-state index contributed by atoms with van der Waals surface area (Å²) in [6.07, 6.45) is 0.595. The van der Waals surface area contributed by atoms with Crippen LogP contribution in [0.4, 0.5) is 0 Å². The summed E-state index contributed by atoms with van der Waals surface area (Å²) in [7, 11) is 0. The highest BCUT2D eigenvalue weighted by atomic mass is 35.5. The summed E-state index contributed by atoms with van der Waals surface area (Å²) in [4.78, 5) is 0. The van der Waals surface area contributed by atoms with Gasteiger partial charge in [-0.1, -0.05) is 83.5 Å². The van der Waals surface area contributed by atoms with Gasteiger partial charge < -0.3 is 4.42 Å². The number of hydrogen-bond acceptors (Lipinski definition) is 6. The molecule has 0 bridgehead atoms. The minimum Gasteiger partial charge on any atom is -0.424 e. The molecular weight excluding hydrogens is 477 g/mol. The first-order chi connectivity index (χ1) is 16.2. The highest BCUT2D eigenvalue weighted by Crippen LogP contribution is 2.34. The van der Waals surface area contributed by atoms with Gasteiger partial charge in [-0.25, -0.2) is 0 Å². The maximum atomic E-state index is 6.47. The predicted octanol–water partition coefficient (Wildman–Crippen LogP) is 6.51. The van der Waals surface area contributed by atoms with E-state index < -0.39 is 0 Å². The molecular formula is C24H17Cl2N5OS. The monoisotopic (exact) mass is 493 g/mol. The number of halogens is 2. The molecule has 3 aromatic carbocycles. The lowest BCUT2D eigenvalue weighted by atomic mass is 10.2. The van der Waals surface area contributed by atoms with E-state index in [1.807, 2.05) is 71.3 Å². The van der Waals surface area contributed by atoms with Crippen LogP contribution in [0.15, 0.2) is 88.4 Å². The highest BCUT2D eigenvalue weighted by molar-refractivity contribution is 7.98. The molecule has 0 saturated heterocycles. The van der Waals surface area contributed by atoms with Crippen LogP contribution in [0.5, 0.6) is 0 Å².